The van der Waals surface area contributed by atoms with Crippen LogP contribution in [0.15, 0.2) is 40.8 Å². The number of furan rings is 1. The number of amides is 1. The Labute approximate surface area is 116 Å². The Morgan fingerprint density at radius 2 is 1.90 bits per heavy atom. The van der Waals surface area contributed by atoms with Crippen molar-refractivity contribution in [3.8, 4) is 0 Å². The van der Waals surface area contributed by atoms with E-state index < -0.39 is 11.9 Å². The third-order valence-electron chi connectivity index (χ3n) is 2.55. The molecule has 20 heavy (non-hydrogen) atoms. The number of aromatic carboxylic acids is 1. The van der Waals surface area contributed by atoms with Gasteiger partial charge in [-0.2, -0.15) is 0 Å². The molecule has 0 fully saturated rings. The molecule has 2 N–H and O–H groups in total. The van der Waals surface area contributed by atoms with Gasteiger partial charge < -0.3 is 9.52 Å². The van der Waals surface area contributed by atoms with Crippen LogP contribution in [0.3, 0.4) is 0 Å². The Bertz CT molecular complexity index is 772. The normalized spacial score (nSPS) is 10.6. The lowest BCUT2D eigenvalue weighted by Gasteiger charge is -1.96. The zero-order valence-electron chi connectivity index (χ0n) is 9.99. The van der Waals surface area contributed by atoms with Crippen molar-refractivity contribution in [1.82, 2.24) is 4.98 Å². The second kappa shape index (κ2) is 4.78. The molecule has 2 heterocycles. The largest absolute Gasteiger partial charge is 0.475 e. The van der Waals surface area contributed by atoms with Gasteiger partial charge in [0, 0.05) is 0 Å². The fraction of sp³-hybridized carbons (Fsp3) is 0. The molecule has 0 aliphatic carbocycles. The molecule has 3 aromatic rings. The van der Waals surface area contributed by atoms with Gasteiger partial charge >= 0.3 is 5.97 Å². The Morgan fingerprint density at radius 3 is 2.60 bits per heavy atom. The number of nitrogens with one attached hydrogen (secondary N) is 1. The highest BCUT2D eigenvalue weighted by molar-refractivity contribution is 7.22. The summed E-state index contributed by atoms with van der Waals surface area (Å²) in [6.07, 6.45) is 0. The zero-order chi connectivity index (χ0) is 14.1. The van der Waals surface area contributed by atoms with Crippen LogP contribution in [0, 0.1) is 0 Å². The van der Waals surface area contributed by atoms with Gasteiger partial charge in [-0.15, -0.1) is 0 Å². The first-order valence-electron chi connectivity index (χ1n) is 5.63. The van der Waals surface area contributed by atoms with Gasteiger partial charge in [0.2, 0.25) is 5.76 Å². The molecule has 0 aliphatic heterocycles. The van der Waals surface area contributed by atoms with Crippen molar-refractivity contribution in [1.29, 1.82) is 0 Å². The minimum absolute atomic E-state index is 0.0679. The average Bonchev–Trinajstić information content (AvgIpc) is 3.04. The molecule has 0 saturated heterocycles. The Balaban J connectivity index is 1.82. The summed E-state index contributed by atoms with van der Waals surface area (Å²) in [6, 6.07) is 10.0. The van der Waals surface area contributed by atoms with Gasteiger partial charge in [-0.1, -0.05) is 23.5 Å². The molecule has 2 aromatic heterocycles. The Morgan fingerprint density at radius 1 is 1.15 bits per heavy atom. The molecule has 100 valence electrons. The monoisotopic (exact) mass is 288 g/mol. The van der Waals surface area contributed by atoms with E-state index in [-0.39, 0.29) is 11.5 Å². The van der Waals surface area contributed by atoms with E-state index in [1.165, 1.54) is 23.5 Å². The van der Waals surface area contributed by atoms with Gasteiger partial charge in [-0.25, -0.2) is 9.78 Å². The van der Waals surface area contributed by atoms with Crippen LogP contribution in [-0.2, 0) is 0 Å². The van der Waals surface area contributed by atoms with Gasteiger partial charge in [-0.3, -0.25) is 10.1 Å². The molecule has 0 bridgehead atoms. The molecule has 1 amide bonds. The molecule has 0 unspecified atom stereocenters. The minimum Gasteiger partial charge on any atom is -0.475 e. The molecule has 6 nitrogen and oxygen atoms in total. The van der Waals surface area contributed by atoms with E-state index in [1.54, 1.807) is 0 Å². The lowest BCUT2D eigenvalue weighted by atomic mass is 10.3. The van der Waals surface area contributed by atoms with E-state index in [0.29, 0.717) is 5.13 Å². The Hall–Kier alpha value is -2.67. The van der Waals surface area contributed by atoms with Crippen molar-refractivity contribution in [2.45, 2.75) is 0 Å². The van der Waals surface area contributed by atoms with Crippen molar-refractivity contribution >= 4 is 38.6 Å². The van der Waals surface area contributed by atoms with Gasteiger partial charge in [0.15, 0.2) is 10.9 Å². The number of para-hydroxylation sites is 1. The van der Waals surface area contributed by atoms with E-state index >= 15 is 0 Å². The topological polar surface area (TPSA) is 92.4 Å². The van der Waals surface area contributed by atoms with Crippen LogP contribution >= 0.6 is 11.3 Å². The highest BCUT2D eigenvalue weighted by Crippen LogP contribution is 2.25. The number of carboxylic acid groups (broad SMARTS) is 1. The number of nitrogens with zero attached hydrogens (tertiary/aromatic N) is 1. The maximum Gasteiger partial charge on any atom is 0.371 e. The van der Waals surface area contributed by atoms with E-state index in [9.17, 15) is 9.59 Å². The van der Waals surface area contributed by atoms with Gasteiger partial charge in [0.05, 0.1) is 10.2 Å². The van der Waals surface area contributed by atoms with Crippen molar-refractivity contribution in [2.75, 3.05) is 5.32 Å². The maximum absolute atomic E-state index is 11.9. The van der Waals surface area contributed by atoms with Gasteiger partial charge in [0.1, 0.15) is 0 Å². The first-order valence-corrected chi connectivity index (χ1v) is 6.45. The van der Waals surface area contributed by atoms with Crippen molar-refractivity contribution < 1.29 is 19.1 Å². The lowest BCUT2D eigenvalue weighted by Crippen LogP contribution is -2.10. The summed E-state index contributed by atoms with van der Waals surface area (Å²) in [5.74, 6) is -2.10. The van der Waals surface area contributed by atoms with E-state index in [2.05, 4.69) is 10.3 Å². The highest BCUT2D eigenvalue weighted by Gasteiger charge is 2.16. The minimum atomic E-state index is -1.22. The summed E-state index contributed by atoms with van der Waals surface area (Å²) in [5, 5.41) is 11.7. The van der Waals surface area contributed by atoms with Crippen molar-refractivity contribution in [3.63, 3.8) is 0 Å². The summed E-state index contributed by atoms with van der Waals surface area (Å²) in [4.78, 5) is 26.8. The van der Waals surface area contributed by atoms with Gasteiger partial charge in [-0.05, 0) is 24.3 Å². The Kier molecular flexibility index (Phi) is 2.96. The second-order valence-electron chi connectivity index (χ2n) is 3.91. The number of carbonyl (C=O) groups excluding carboxylic acids is 1. The number of thiazole rings is 1. The van der Waals surface area contributed by atoms with Crippen LogP contribution < -0.4 is 5.32 Å². The number of anilines is 1. The summed E-state index contributed by atoms with van der Waals surface area (Å²) in [6.45, 7) is 0. The number of fused-ring (bicyclic) bond motifs is 1. The number of rotatable bonds is 3. The molecule has 0 radical (unpaired) electrons. The fourth-order valence-corrected chi connectivity index (χ4v) is 2.52. The predicted molar refractivity (Wildman–Crippen MR) is 73.2 cm³/mol. The number of hydrogen-bond acceptors (Lipinski definition) is 5. The predicted octanol–water partition coefficient (Wildman–Crippen LogP) is 2.84. The van der Waals surface area contributed by atoms with Crippen LogP contribution in [-0.4, -0.2) is 22.0 Å². The van der Waals surface area contributed by atoms with Crippen molar-refractivity contribution in [2.24, 2.45) is 0 Å². The molecule has 0 saturated carbocycles. The third-order valence-corrected chi connectivity index (χ3v) is 3.51. The zero-order valence-corrected chi connectivity index (χ0v) is 10.8. The highest BCUT2D eigenvalue weighted by atomic mass is 32.1. The summed E-state index contributed by atoms with van der Waals surface area (Å²) < 4.78 is 5.87. The number of aromatic nitrogens is 1. The summed E-state index contributed by atoms with van der Waals surface area (Å²) in [5.41, 5.74) is 0.790. The molecule has 0 aliphatic rings. The standard InChI is InChI=1S/C13H8N2O4S/c16-11(8-5-6-9(19-8)12(17)18)15-13-14-7-3-1-2-4-10(7)20-13/h1-6H,(H,17,18)(H,14,15,16). The number of benzene rings is 1. The van der Waals surface area contributed by atoms with Crippen LogP contribution in [0.25, 0.3) is 10.2 Å². The average molecular weight is 288 g/mol. The van der Waals surface area contributed by atoms with Crippen LogP contribution in [0.2, 0.25) is 0 Å². The third kappa shape index (κ3) is 2.26. The van der Waals surface area contributed by atoms with Crippen LogP contribution in [0.5, 0.6) is 0 Å². The molecule has 7 heteroatoms. The number of carbonyl (C=O) groups is 2. The first-order chi connectivity index (χ1) is 9.63. The molecule has 1 aromatic carbocycles. The first kappa shape index (κ1) is 12.4. The SMILES string of the molecule is O=C(O)c1ccc(C(=O)Nc2nc3ccccc3s2)o1. The molecular formula is C13H8N2O4S. The number of hydrogen-bond donors (Lipinski definition) is 2. The van der Waals surface area contributed by atoms with E-state index in [1.807, 2.05) is 24.3 Å². The molecule has 3 rings (SSSR count). The number of carboxylic acids is 1. The van der Waals surface area contributed by atoms with Crippen LogP contribution in [0.4, 0.5) is 5.13 Å². The summed E-state index contributed by atoms with van der Waals surface area (Å²) in [7, 11) is 0. The smallest absolute Gasteiger partial charge is 0.371 e. The molecular weight excluding hydrogens is 280 g/mol. The van der Waals surface area contributed by atoms with Crippen molar-refractivity contribution in [3.05, 3.63) is 47.9 Å². The maximum atomic E-state index is 11.9. The van der Waals surface area contributed by atoms with Gasteiger partial charge in [0.25, 0.3) is 5.91 Å². The van der Waals surface area contributed by atoms with E-state index in [4.69, 9.17) is 9.52 Å². The molecule has 0 atom stereocenters. The fourth-order valence-electron chi connectivity index (χ4n) is 1.66. The quantitative estimate of drug-likeness (QED) is 0.773. The summed E-state index contributed by atoms with van der Waals surface area (Å²) >= 11 is 1.33. The van der Waals surface area contributed by atoms with Crippen LogP contribution in [0.1, 0.15) is 21.1 Å². The lowest BCUT2D eigenvalue weighted by molar-refractivity contribution is 0.0660. The second-order valence-corrected chi connectivity index (χ2v) is 4.94. The van der Waals surface area contributed by atoms with E-state index in [0.717, 1.165) is 10.2 Å². The molecule has 0 spiro atoms.